The van der Waals surface area contributed by atoms with Crippen LogP contribution in [-0.2, 0) is 4.74 Å². The van der Waals surface area contributed by atoms with Crippen molar-refractivity contribution in [3.05, 3.63) is 29.6 Å². The number of hydrogen-bond acceptors (Lipinski definition) is 4. The normalized spacial score (nSPS) is 23.9. The minimum Gasteiger partial charge on any atom is -0.493 e. The fraction of sp³-hybridized carbons (Fsp3) is 0.692. The average Bonchev–Trinajstić information content (AvgIpc) is 3.50. The molecule has 2 aliphatic heterocycles. The summed E-state index contributed by atoms with van der Waals surface area (Å²) in [5, 5.41) is 0. The van der Waals surface area contributed by atoms with E-state index < -0.39 is 30.7 Å². The molecule has 0 atom stereocenters. The Morgan fingerprint density at radius 1 is 1.06 bits per heavy atom. The van der Waals surface area contributed by atoms with Crippen molar-refractivity contribution in [2.45, 2.75) is 69.8 Å². The van der Waals surface area contributed by atoms with E-state index in [1.807, 2.05) is 11.8 Å². The molecule has 6 nitrogen and oxygen atoms in total. The second kappa shape index (κ2) is 8.89. The SMILES string of the molecule is CC1(OC(=O)N2CCC3(CC2)CC(CCCOc2ccc(C(=O)N4CC(F)(F)C4)c(F)c2)C3)CC1. The highest BCUT2D eigenvalue weighted by molar-refractivity contribution is 5.95. The van der Waals surface area contributed by atoms with Crippen LogP contribution in [0.3, 0.4) is 0 Å². The average molecular weight is 495 g/mol. The third-order valence-electron chi connectivity index (χ3n) is 8.14. The Kier molecular flexibility index (Phi) is 6.16. The molecule has 2 aliphatic carbocycles. The summed E-state index contributed by atoms with van der Waals surface area (Å²) in [5.74, 6) is -3.38. The smallest absolute Gasteiger partial charge is 0.410 e. The van der Waals surface area contributed by atoms with Crippen LogP contribution in [0, 0.1) is 17.2 Å². The Morgan fingerprint density at radius 2 is 1.74 bits per heavy atom. The van der Waals surface area contributed by atoms with Gasteiger partial charge in [0.1, 0.15) is 17.2 Å². The highest BCUT2D eigenvalue weighted by atomic mass is 19.3. The number of likely N-dealkylation sites (tertiary alicyclic amines) is 2. The summed E-state index contributed by atoms with van der Waals surface area (Å²) in [4.78, 5) is 27.2. The molecule has 4 aliphatic rings. The highest BCUT2D eigenvalue weighted by Crippen LogP contribution is 2.54. The first-order valence-corrected chi connectivity index (χ1v) is 12.6. The van der Waals surface area contributed by atoms with Crippen LogP contribution in [0.5, 0.6) is 5.75 Å². The van der Waals surface area contributed by atoms with E-state index in [0.717, 1.165) is 62.6 Å². The topological polar surface area (TPSA) is 59.1 Å². The van der Waals surface area contributed by atoms with E-state index in [1.54, 1.807) is 0 Å². The second-order valence-electron chi connectivity index (χ2n) is 11.2. The van der Waals surface area contributed by atoms with Gasteiger partial charge in [0.25, 0.3) is 11.8 Å². The molecular weight excluding hydrogens is 461 g/mol. The van der Waals surface area contributed by atoms with Crippen molar-refractivity contribution in [3.8, 4) is 5.75 Å². The molecular formula is C26H33F3N2O4. The predicted octanol–water partition coefficient (Wildman–Crippen LogP) is 5.26. The number of nitrogens with zero attached hydrogens (tertiary/aromatic N) is 2. The third kappa shape index (κ3) is 5.38. The number of carbonyl (C=O) groups excluding carboxylic acids is 2. The zero-order valence-electron chi connectivity index (χ0n) is 20.2. The summed E-state index contributed by atoms with van der Waals surface area (Å²) < 4.78 is 51.5. The van der Waals surface area contributed by atoms with Crippen LogP contribution < -0.4 is 4.74 Å². The number of amides is 2. The van der Waals surface area contributed by atoms with Gasteiger partial charge in [0.2, 0.25) is 0 Å². The van der Waals surface area contributed by atoms with Gasteiger partial charge in [-0.2, -0.15) is 0 Å². The number of alkyl halides is 2. The van der Waals surface area contributed by atoms with Gasteiger partial charge in [-0.1, -0.05) is 0 Å². The number of carbonyl (C=O) groups is 2. The Hall–Kier alpha value is -2.45. The van der Waals surface area contributed by atoms with Crippen molar-refractivity contribution in [1.82, 2.24) is 9.80 Å². The van der Waals surface area contributed by atoms with Crippen LogP contribution in [0.25, 0.3) is 0 Å². The quantitative estimate of drug-likeness (QED) is 0.486. The van der Waals surface area contributed by atoms with Gasteiger partial charge in [-0.05, 0) is 81.8 Å². The predicted molar refractivity (Wildman–Crippen MR) is 122 cm³/mol. The van der Waals surface area contributed by atoms with Crippen molar-refractivity contribution < 1.29 is 32.2 Å². The maximum atomic E-state index is 14.3. The number of halogens is 3. The molecule has 2 amide bonds. The molecule has 0 N–H and O–H groups in total. The lowest BCUT2D eigenvalue weighted by molar-refractivity contribution is -0.113. The standard InChI is InChI=1S/C26H33F3N2O4/c1-24(6-7-24)35-23(33)30-10-8-25(9-11-30)14-18(15-25)3-2-12-34-19-4-5-20(21(27)13-19)22(32)31-16-26(28,29)17-31/h4-5,13,18H,2-3,6-12,14-17H2,1H3. The van der Waals surface area contributed by atoms with E-state index in [2.05, 4.69) is 0 Å². The highest BCUT2D eigenvalue weighted by Gasteiger charge is 2.48. The minimum atomic E-state index is -2.88. The summed E-state index contributed by atoms with van der Waals surface area (Å²) >= 11 is 0. The van der Waals surface area contributed by atoms with E-state index in [0.29, 0.717) is 23.7 Å². The summed E-state index contributed by atoms with van der Waals surface area (Å²) in [7, 11) is 0. The summed E-state index contributed by atoms with van der Waals surface area (Å²) in [5.41, 5.74) is -0.0818. The first-order valence-electron chi connectivity index (χ1n) is 12.6. The molecule has 35 heavy (non-hydrogen) atoms. The summed E-state index contributed by atoms with van der Waals surface area (Å²) in [6, 6.07) is 3.95. The van der Waals surface area contributed by atoms with Crippen LogP contribution >= 0.6 is 0 Å². The van der Waals surface area contributed by atoms with Crippen LogP contribution in [-0.4, -0.2) is 66.1 Å². The largest absolute Gasteiger partial charge is 0.493 e. The molecule has 1 aromatic carbocycles. The Morgan fingerprint density at radius 3 is 2.34 bits per heavy atom. The zero-order valence-corrected chi connectivity index (χ0v) is 20.2. The van der Waals surface area contributed by atoms with Gasteiger partial charge < -0.3 is 19.3 Å². The fourth-order valence-electron chi connectivity index (χ4n) is 5.64. The number of piperidine rings is 1. The molecule has 9 heteroatoms. The summed E-state index contributed by atoms with van der Waals surface area (Å²) in [6.45, 7) is 2.65. The number of ether oxygens (including phenoxy) is 2. The van der Waals surface area contributed by atoms with Gasteiger partial charge in [0.05, 0.1) is 25.3 Å². The van der Waals surface area contributed by atoms with Gasteiger partial charge in [0, 0.05) is 19.2 Å². The van der Waals surface area contributed by atoms with Gasteiger partial charge in [-0.15, -0.1) is 0 Å². The van der Waals surface area contributed by atoms with E-state index in [9.17, 15) is 22.8 Å². The van der Waals surface area contributed by atoms with Gasteiger partial charge in [0.15, 0.2) is 0 Å². The van der Waals surface area contributed by atoms with Crippen molar-refractivity contribution in [2.24, 2.45) is 11.3 Å². The van der Waals surface area contributed by atoms with Gasteiger partial charge in [-0.25, -0.2) is 18.0 Å². The Balaban J connectivity index is 0.983. The molecule has 0 radical (unpaired) electrons. The molecule has 5 rings (SSSR count). The molecule has 2 saturated heterocycles. The fourth-order valence-corrected chi connectivity index (χ4v) is 5.64. The molecule has 1 spiro atoms. The lowest BCUT2D eigenvalue weighted by atomic mass is 9.56. The third-order valence-corrected chi connectivity index (χ3v) is 8.14. The van der Waals surface area contributed by atoms with E-state index >= 15 is 0 Å². The number of benzene rings is 1. The van der Waals surface area contributed by atoms with Gasteiger partial charge in [-0.3, -0.25) is 4.79 Å². The minimum absolute atomic E-state index is 0.163. The van der Waals surface area contributed by atoms with Gasteiger partial charge >= 0.3 is 6.09 Å². The number of rotatable bonds is 7. The van der Waals surface area contributed by atoms with E-state index in [-0.39, 0.29) is 17.3 Å². The molecule has 1 aromatic rings. The lowest BCUT2D eigenvalue weighted by Gasteiger charge is -2.52. The van der Waals surface area contributed by atoms with Crippen LogP contribution in [0.15, 0.2) is 18.2 Å². The molecule has 192 valence electrons. The molecule has 2 saturated carbocycles. The molecule has 0 aromatic heterocycles. The molecule has 4 fully saturated rings. The lowest BCUT2D eigenvalue weighted by Crippen LogP contribution is -2.58. The summed E-state index contributed by atoms with van der Waals surface area (Å²) in [6.07, 6.45) is 8.06. The maximum Gasteiger partial charge on any atom is 0.410 e. The molecule has 0 bridgehead atoms. The molecule has 0 unspecified atom stereocenters. The van der Waals surface area contributed by atoms with Crippen LogP contribution in [0.1, 0.15) is 68.6 Å². The first-order chi connectivity index (χ1) is 16.6. The monoisotopic (exact) mass is 494 g/mol. The second-order valence-corrected chi connectivity index (χ2v) is 11.2. The van der Waals surface area contributed by atoms with Crippen molar-refractivity contribution in [2.75, 3.05) is 32.8 Å². The van der Waals surface area contributed by atoms with Crippen molar-refractivity contribution in [1.29, 1.82) is 0 Å². The van der Waals surface area contributed by atoms with Crippen molar-refractivity contribution in [3.63, 3.8) is 0 Å². The number of hydrogen-bond donors (Lipinski definition) is 0. The van der Waals surface area contributed by atoms with Crippen LogP contribution in [0.4, 0.5) is 18.0 Å². The molecule has 2 heterocycles. The van der Waals surface area contributed by atoms with Crippen LogP contribution in [0.2, 0.25) is 0 Å². The maximum absolute atomic E-state index is 14.3. The van der Waals surface area contributed by atoms with E-state index in [1.165, 1.54) is 25.0 Å². The Bertz CT molecular complexity index is 973. The van der Waals surface area contributed by atoms with Crippen molar-refractivity contribution >= 4 is 12.0 Å². The Labute approximate surface area is 203 Å². The van der Waals surface area contributed by atoms with E-state index in [4.69, 9.17) is 9.47 Å². The first kappa shape index (κ1) is 24.3. The zero-order chi connectivity index (χ0) is 24.8.